The van der Waals surface area contributed by atoms with E-state index in [4.69, 9.17) is 0 Å². The summed E-state index contributed by atoms with van der Waals surface area (Å²) in [4.78, 5) is 0. The minimum atomic E-state index is -0.283. The molecule has 2 rings (SSSR count). The quantitative estimate of drug-likeness (QED) is 0.734. The molecular formula is C13H24O. The van der Waals surface area contributed by atoms with Gasteiger partial charge < -0.3 is 5.11 Å². The molecule has 2 aliphatic carbocycles. The zero-order chi connectivity index (χ0) is 10.2. The lowest BCUT2D eigenvalue weighted by atomic mass is 9.72. The molecule has 1 heteroatoms. The molecule has 0 spiro atoms. The lowest BCUT2D eigenvalue weighted by Gasteiger charge is -2.38. The minimum absolute atomic E-state index is 0.283. The Morgan fingerprint density at radius 2 is 2.00 bits per heavy atom. The molecule has 1 nitrogen and oxygen atoms in total. The van der Waals surface area contributed by atoms with Crippen LogP contribution < -0.4 is 0 Å². The maximum absolute atomic E-state index is 10.5. The highest BCUT2D eigenvalue weighted by Gasteiger charge is 2.39. The summed E-state index contributed by atoms with van der Waals surface area (Å²) in [5, 5.41) is 10.5. The van der Waals surface area contributed by atoms with Crippen LogP contribution in [-0.4, -0.2) is 10.7 Å². The van der Waals surface area contributed by atoms with Crippen LogP contribution in [0.15, 0.2) is 0 Å². The Bertz CT molecular complexity index is 195. The van der Waals surface area contributed by atoms with E-state index in [2.05, 4.69) is 13.8 Å². The highest BCUT2D eigenvalue weighted by Crippen LogP contribution is 2.45. The first kappa shape index (κ1) is 10.5. The van der Waals surface area contributed by atoms with Gasteiger partial charge in [-0.1, -0.05) is 33.1 Å². The maximum Gasteiger partial charge on any atom is 0.0653 e. The molecule has 0 heterocycles. The summed E-state index contributed by atoms with van der Waals surface area (Å²) in [5.41, 5.74) is -0.283. The Hall–Kier alpha value is -0.0400. The largest absolute Gasteiger partial charge is 0.390 e. The van der Waals surface area contributed by atoms with Crippen molar-refractivity contribution in [2.75, 3.05) is 0 Å². The molecule has 2 atom stereocenters. The van der Waals surface area contributed by atoms with E-state index in [1.165, 1.54) is 25.7 Å². The van der Waals surface area contributed by atoms with Crippen LogP contribution in [0, 0.1) is 17.8 Å². The van der Waals surface area contributed by atoms with Crippen LogP contribution in [0.1, 0.15) is 58.8 Å². The molecule has 2 fully saturated rings. The summed E-state index contributed by atoms with van der Waals surface area (Å²) in [5.74, 6) is 2.39. The summed E-state index contributed by atoms with van der Waals surface area (Å²) in [6, 6.07) is 0. The molecule has 1 N–H and O–H groups in total. The molecule has 82 valence electrons. The van der Waals surface area contributed by atoms with Crippen molar-refractivity contribution in [3.63, 3.8) is 0 Å². The van der Waals surface area contributed by atoms with Gasteiger partial charge >= 0.3 is 0 Å². The predicted octanol–water partition coefficient (Wildman–Crippen LogP) is 3.36. The summed E-state index contributed by atoms with van der Waals surface area (Å²) >= 11 is 0. The van der Waals surface area contributed by atoms with Crippen LogP contribution >= 0.6 is 0 Å². The predicted molar refractivity (Wildman–Crippen MR) is 59.1 cm³/mol. The Morgan fingerprint density at radius 1 is 1.29 bits per heavy atom. The molecule has 0 amide bonds. The molecule has 14 heavy (non-hydrogen) atoms. The fourth-order valence-electron chi connectivity index (χ4n) is 3.00. The zero-order valence-corrected chi connectivity index (χ0v) is 9.63. The van der Waals surface area contributed by atoms with Crippen LogP contribution in [0.25, 0.3) is 0 Å². The molecule has 2 aliphatic rings. The number of rotatable bonds is 3. The minimum Gasteiger partial charge on any atom is -0.390 e. The van der Waals surface area contributed by atoms with Crippen LogP contribution in [0.4, 0.5) is 0 Å². The molecular weight excluding hydrogens is 172 g/mol. The van der Waals surface area contributed by atoms with Gasteiger partial charge in [0, 0.05) is 0 Å². The maximum atomic E-state index is 10.5. The van der Waals surface area contributed by atoms with E-state index in [-0.39, 0.29) is 5.60 Å². The molecule has 0 radical (unpaired) electrons. The fourth-order valence-corrected chi connectivity index (χ4v) is 3.00. The van der Waals surface area contributed by atoms with Crippen LogP contribution in [-0.2, 0) is 0 Å². The van der Waals surface area contributed by atoms with Crippen molar-refractivity contribution in [2.24, 2.45) is 17.8 Å². The van der Waals surface area contributed by atoms with Gasteiger partial charge in [0.25, 0.3) is 0 Å². The third-order valence-electron chi connectivity index (χ3n) is 4.17. The lowest BCUT2D eigenvalue weighted by molar-refractivity contribution is -0.0352. The SMILES string of the molecule is CC(C)C1CCCC(O)(CC2CC2)C1. The van der Waals surface area contributed by atoms with Crippen LogP contribution in [0.3, 0.4) is 0 Å². The van der Waals surface area contributed by atoms with E-state index in [9.17, 15) is 5.11 Å². The van der Waals surface area contributed by atoms with Gasteiger partial charge in [-0.25, -0.2) is 0 Å². The van der Waals surface area contributed by atoms with E-state index in [1.54, 1.807) is 0 Å². The average molecular weight is 196 g/mol. The van der Waals surface area contributed by atoms with Gasteiger partial charge in [-0.05, 0) is 43.4 Å². The Balaban J connectivity index is 1.90. The monoisotopic (exact) mass is 196 g/mol. The Kier molecular flexibility index (Phi) is 2.88. The summed E-state index contributed by atoms with van der Waals surface area (Å²) in [6.07, 6.45) is 8.55. The zero-order valence-electron chi connectivity index (χ0n) is 9.63. The standard InChI is InChI=1S/C13H24O/c1-10(2)12-4-3-7-13(14,9-12)8-11-5-6-11/h10-12,14H,3-9H2,1-2H3. The van der Waals surface area contributed by atoms with Gasteiger partial charge in [0.2, 0.25) is 0 Å². The number of hydrogen-bond donors (Lipinski definition) is 1. The molecule has 0 aromatic carbocycles. The molecule has 0 aromatic rings. The second-order valence-corrected chi connectivity index (χ2v) is 5.97. The first-order valence-electron chi connectivity index (χ1n) is 6.31. The second-order valence-electron chi connectivity index (χ2n) is 5.97. The van der Waals surface area contributed by atoms with Gasteiger partial charge in [0.15, 0.2) is 0 Å². The van der Waals surface area contributed by atoms with Crippen LogP contribution in [0.2, 0.25) is 0 Å². The van der Waals surface area contributed by atoms with E-state index in [0.29, 0.717) is 0 Å². The van der Waals surface area contributed by atoms with Gasteiger partial charge in [0.1, 0.15) is 0 Å². The number of aliphatic hydroxyl groups is 1. The fraction of sp³-hybridized carbons (Fsp3) is 1.00. The van der Waals surface area contributed by atoms with E-state index in [0.717, 1.165) is 37.0 Å². The van der Waals surface area contributed by atoms with Gasteiger partial charge in [-0.15, -0.1) is 0 Å². The second kappa shape index (κ2) is 3.84. The average Bonchev–Trinajstić information content (AvgIpc) is 2.87. The molecule has 0 aromatic heterocycles. The molecule has 2 unspecified atom stereocenters. The molecule has 0 bridgehead atoms. The first-order valence-corrected chi connectivity index (χ1v) is 6.31. The van der Waals surface area contributed by atoms with E-state index in [1.807, 2.05) is 0 Å². The topological polar surface area (TPSA) is 20.2 Å². The van der Waals surface area contributed by atoms with Crippen molar-refractivity contribution < 1.29 is 5.11 Å². The molecule has 0 saturated heterocycles. The summed E-state index contributed by atoms with van der Waals surface area (Å²) < 4.78 is 0. The van der Waals surface area contributed by atoms with Crippen LogP contribution in [0.5, 0.6) is 0 Å². The highest BCUT2D eigenvalue weighted by atomic mass is 16.3. The van der Waals surface area contributed by atoms with Crippen molar-refractivity contribution >= 4 is 0 Å². The molecule has 2 saturated carbocycles. The Morgan fingerprint density at radius 3 is 2.57 bits per heavy atom. The first-order chi connectivity index (χ1) is 6.59. The highest BCUT2D eigenvalue weighted by molar-refractivity contribution is 4.92. The molecule has 0 aliphatic heterocycles. The van der Waals surface area contributed by atoms with Gasteiger partial charge in [-0.3, -0.25) is 0 Å². The normalized spacial score (nSPS) is 39.0. The van der Waals surface area contributed by atoms with Crippen molar-refractivity contribution in [1.82, 2.24) is 0 Å². The van der Waals surface area contributed by atoms with Crippen molar-refractivity contribution in [3.8, 4) is 0 Å². The van der Waals surface area contributed by atoms with Crippen molar-refractivity contribution in [1.29, 1.82) is 0 Å². The third-order valence-corrected chi connectivity index (χ3v) is 4.17. The number of hydrogen-bond acceptors (Lipinski definition) is 1. The smallest absolute Gasteiger partial charge is 0.0653 e. The van der Waals surface area contributed by atoms with E-state index >= 15 is 0 Å². The van der Waals surface area contributed by atoms with Crippen molar-refractivity contribution in [2.45, 2.75) is 64.4 Å². The lowest BCUT2D eigenvalue weighted by Crippen LogP contribution is -2.37. The summed E-state index contributed by atoms with van der Waals surface area (Å²) in [7, 11) is 0. The Labute approximate surface area is 87.9 Å². The van der Waals surface area contributed by atoms with Gasteiger partial charge in [-0.2, -0.15) is 0 Å². The van der Waals surface area contributed by atoms with Crippen molar-refractivity contribution in [3.05, 3.63) is 0 Å². The van der Waals surface area contributed by atoms with E-state index < -0.39 is 0 Å². The van der Waals surface area contributed by atoms with Gasteiger partial charge in [0.05, 0.1) is 5.60 Å². The third kappa shape index (κ3) is 2.50. The summed E-state index contributed by atoms with van der Waals surface area (Å²) in [6.45, 7) is 4.60.